The summed E-state index contributed by atoms with van der Waals surface area (Å²) in [5.74, 6) is 1.92. The molecule has 2 heterocycles. The van der Waals surface area contributed by atoms with Crippen LogP contribution >= 0.6 is 23.4 Å². The molecule has 0 aliphatic carbocycles. The first-order valence-corrected chi connectivity index (χ1v) is 8.41. The maximum Gasteiger partial charge on any atom is 0.277 e. The lowest BCUT2D eigenvalue weighted by Gasteiger charge is -2.20. The minimum atomic E-state index is -0.118. The van der Waals surface area contributed by atoms with Gasteiger partial charge in [0.25, 0.3) is 5.22 Å². The second-order valence-electron chi connectivity index (χ2n) is 5.93. The number of hydrogen-bond acceptors (Lipinski definition) is 6. The molecule has 0 atom stereocenters. The second-order valence-corrected chi connectivity index (χ2v) is 7.29. The highest BCUT2D eigenvalue weighted by molar-refractivity contribution is 7.98. The highest BCUT2D eigenvalue weighted by atomic mass is 35.5. The van der Waals surface area contributed by atoms with Gasteiger partial charge in [0.15, 0.2) is 0 Å². The van der Waals surface area contributed by atoms with Crippen LogP contribution in [0.15, 0.2) is 40.2 Å². The van der Waals surface area contributed by atoms with Gasteiger partial charge in [-0.3, -0.25) is 0 Å². The summed E-state index contributed by atoms with van der Waals surface area (Å²) >= 11 is 7.41. The third-order valence-electron chi connectivity index (χ3n) is 3.06. The van der Waals surface area contributed by atoms with Crippen molar-refractivity contribution in [2.24, 2.45) is 0 Å². The fourth-order valence-corrected chi connectivity index (χ4v) is 2.93. The summed E-state index contributed by atoms with van der Waals surface area (Å²) in [6, 6.07) is 7.32. The SMILES string of the molecule is CC(C)(C)n1ncnc1CSc1nnc(-c2cccc(Cl)c2)o1. The Morgan fingerprint density at radius 1 is 1.26 bits per heavy atom. The van der Waals surface area contributed by atoms with Crippen LogP contribution in [0.25, 0.3) is 11.5 Å². The second kappa shape index (κ2) is 6.33. The molecule has 1 aromatic carbocycles. The van der Waals surface area contributed by atoms with Crippen LogP contribution in [0, 0.1) is 0 Å². The molecule has 6 nitrogen and oxygen atoms in total. The van der Waals surface area contributed by atoms with E-state index < -0.39 is 0 Å². The molecule has 23 heavy (non-hydrogen) atoms. The number of benzene rings is 1. The van der Waals surface area contributed by atoms with Crippen LogP contribution in [0.5, 0.6) is 0 Å². The first-order valence-electron chi connectivity index (χ1n) is 7.05. The summed E-state index contributed by atoms with van der Waals surface area (Å²) in [7, 11) is 0. The predicted octanol–water partition coefficient (Wildman–Crippen LogP) is 4.03. The van der Waals surface area contributed by atoms with Gasteiger partial charge in [0.2, 0.25) is 5.89 Å². The van der Waals surface area contributed by atoms with Gasteiger partial charge in [-0.25, -0.2) is 9.67 Å². The molecule has 0 N–H and O–H groups in total. The molecule has 120 valence electrons. The van der Waals surface area contributed by atoms with Crippen molar-refractivity contribution >= 4 is 23.4 Å². The van der Waals surface area contributed by atoms with E-state index in [4.69, 9.17) is 16.0 Å². The molecular formula is C15H16ClN5OS. The van der Waals surface area contributed by atoms with Gasteiger partial charge in [-0.1, -0.05) is 29.4 Å². The Hall–Kier alpha value is -1.86. The van der Waals surface area contributed by atoms with Crippen LogP contribution in [-0.2, 0) is 11.3 Å². The van der Waals surface area contributed by atoms with Crippen LogP contribution in [0.4, 0.5) is 0 Å². The van der Waals surface area contributed by atoms with Crippen molar-refractivity contribution in [2.75, 3.05) is 0 Å². The van der Waals surface area contributed by atoms with E-state index in [0.29, 0.717) is 21.9 Å². The molecule has 0 unspecified atom stereocenters. The average Bonchev–Trinajstić information content (AvgIpc) is 3.14. The average molecular weight is 350 g/mol. The minimum absolute atomic E-state index is 0.118. The molecule has 3 aromatic rings. The van der Waals surface area contributed by atoms with E-state index in [1.54, 1.807) is 18.5 Å². The van der Waals surface area contributed by atoms with E-state index in [9.17, 15) is 0 Å². The molecule has 0 bridgehead atoms. The molecule has 0 amide bonds. The molecule has 0 spiro atoms. The van der Waals surface area contributed by atoms with Crippen molar-refractivity contribution in [3.8, 4) is 11.5 Å². The van der Waals surface area contributed by atoms with Crippen molar-refractivity contribution in [3.05, 3.63) is 41.4 Å². The Morgan fingerprint density at radius 3 is 2.83 bits per heavy atom. The standard InChI is InChI=1S/C15H16ClN5OS/c1-15(2,3)21-12(17-9-18-21)8-23-14-20-19-13(22-14)10-5-4-6-11(16)7-10/h4-7,9H,8H2,1-3H3. The highest BCUT2D eigenvalue weighted by Crippen LogP contribution is 2.27. The van der Waals surface area contributed by atoms with Gasteiger partial charge in [0.05, 0.1) is 11.3 Å². The number of thioether (sulfide) groups is 1. The lowest BCUT2D eigenvalue weighted by Crippen LogP contribution is -2.25. The summed E-state index contributed by atoms with van der Waals surface area (Å²) in [6.07, 6.45) is 1.56. The lowest BCUT2D eigenvalue weighted by molar-refractivity contribution is 0.345. The number of nitrogens with zero attached hydrogens (tertiary/aromatic N) is 5. The van der Waals surface area contributed by atoms with Crippen molar-refractivity contribution in [2.45, 2.75) is 37.3 Å². The van der Waals surface area contributed by atoms with Crippen molar-refractivity contribution < 1.29 is 4.42 Å². The first-order chi connectivity index (χ1) is 10.9. The molecule has 8 heteroatoms. The third kappa shape index (κ3) is 3.73. The molecule has 0 fully saturated rings. The van der Waals surface area contributed by atoms with Crippen molar-refractivity contribution in [3.63, 3.8) is 0 Å². The van der Waals surface area contributed by atoms with Gasteiger partial charge in [0, 0.05) is 10.6 Å². The van der Waals surface area contributed by atoms with Gasteiger partial charge in [-0.05, 0) is 39.0 Å². The first kappa shape index (κ1) is 16.0. The van der Waals surface area contributed by atoms with Crippen LogP contribution in [0.3, 0.4) is 0 Å². The molecule has 0 aliphatic rings. The zero-order valence-electron chi connectivity index (χ0n) is 13.0. The normalized spacial score (nSPS) is 11.8. The summed E-state index contributed by atoms with van der Waals surface area (Å²) in [4.78, 5) is 4.30. The van der Waals surface area contributed by atoms with E-state index >= 15 is 0 Å². The summed E-state index contributed by atoms with van der Waals surface area (Å²) in [5.41, 5.74) is 0.683. The smallest absolute Gasteiger partial charge is 0.277 e. The highest BCUT2D eigenvalue weighted by Gasteiger charge is 2.19. The predicted molar refractivity (Wildman–Crippen MR) is 89.3 cm³/mol. The van der Waals surface area contributed by atoms with Gasteiger partial charge >= 0.3 is 0 Å². The Balaban J connectivity index is 1.72. The molecule has 2 aromatic heterocycles. The molecular weight excluding hydrogens is 334 g/mol. The lowest BCUT2D eigenvalue weighted by atomic mass is 10.1. The number of hydrogen-bond donors (Lipinski definition) is 0. The fraction of sp³-hybridized carbons (Fsp3) is 0.333. The van der Waals surface area contributed by atoms with E-state index in [2.05, 4.69) is 41.1 Å². The molecule has 0 saturated heterocycles. The quantitative estimate of drug-likeness (QED) is 0.662. The monoisotopic (exact) mass is 349 g/mol. The maximum absolute atomic E-state index is 5.98. The van der Waals surface area contributed by atoms with Gasteiger partial charge in [-0.2, -0.15) is 5.10 Å². The van der Waals surface area contributed by atoms with Crippen molar-refractivity contribution in [1.82, 2.24) is 25.0 Å². The van der Waals surface area contributed by atoms with Gasteiger partial charge in [-0.15, -0.1) is 10.2 Å². The Morgan fingerprint density at radius 2 is 2.09 bits per heavy atom. The topological polar surface area (TPSA) is 69.6 Å². The van der Waals surface area contributed by atoms with Crippen LogP contribution in [0.1, 0.15) is 26.6 Å². The van der Waals surface area contributed by atoms with Crippen LogP contribution in [0.2, 0.25) is 5.02 Å². The van der Waals surface area contributed by atoms with Gasteiger partial charge in [0.1, 0.15) is 12.2 Å². The third-order valence-corrected chi connectivity index (χ3v) is 4.11. The van der Waals surface area contributed by atoms with Gasteiger partial charge < -0.3 is 4.42 Å². The number of halogens is 1. The summed E-state index contributed by atoms with van der Waals surface area (Å²) < 4.78 is 7.57. The molecule has 0 radical (unpaired) electrons. The zero-order chi connectivity index (χ0) is 16.4. The van der Waals surface area contributed by atoms with E-state index in [1.807, 2.05) is 16.8 Å². The molecule has 0 aliphatic heterocycles. The summed E-state index contributed by atoms with van der Waals surface area (Å²) in [5, 5.41) is 13.5. The van der Waals surface area contributed by atoms with E-state index in [0.717, 1.165) is 11.4 Å². The van der Waals surface area contributed by atoms with E-state index in [1.165, 1.54) is 11.8 Å². The Kier molecular flexibility index (Phi) is 4.41. The largest absolute Gasteiger partial charge is 0.411 e. The molecule has 3 rings (SSSR count). The Bertz CT molecular complexity index is 808. The Labute approximate surface area is 143 Å². The molecule has 0 saturated carbocycles. The van der Waals surface area contributed by atoms with Crippen LogP contribution in [-0.4, -0.2) is 25.0 Å². The van der Waals surface area contributed by atoms with E-state index in [-0.39, 0.29) is 5.54 Å². The maximum atomic E-state index is 5.98. The van der Waals surface area contributed by atoms with Crippen LogP contribution < -0.4 is 0 Å². The van der Waals surface area contributed by atoms with Crippen molar-refractivity contribution in [1.29, 1.82) is 0 Å². The zero-order valence-corrected chi connectivity index (χ0v) is 14.6. The summed E-state index contributed by atoms with van der Waals surface area (Å²) in [6.45, 7) is 6.25. The number of aromatic nitrogens is 5. The fourth-order valence-electron chi connectivity index (χ4n) is 2.06. The minimum Gasteiger partial charge on any atom is -0.411 e. The number of rotatable bonds is 4.